The van der Waals surface area contributed by atoms with E-state index in [2.05, 4.69) is 5.32 Å². The number of alkyl halides is 1. The lowest BCUT2D eigenvalue weighted by Gasteiger charge is -2.09. The summed E-state index contributed by atoms with van der Waals surface area (Å²) in [7, 11) is 0. The molecule has 0 saturated heterocycles. The third kappa shape index (κ3) is 5.18. The van der Waals surface area contributed by atoms with Crippen LogP contribution in [0.1, 0.15) is 11.1 Å². The lowest BCUT2D eigenvalue weighted by atomic mass is 10.1. The Balaban J connectivity index is 1.81. The highest BCUT2D eigenvalue weighted by molar-refractivity contribution is 5.84. The van der Waals surface area contributed by atoms with Gasteiger partial charge in [-0.2, -0.15) is 0 Å². The number of carbonyl (C=O) groups is 1. The summed E-state index contributed by atoms with van der Waals surface area (Å²) in [6.07, 6.45) is -1.67. The van der Waals surface area contributed by atoms with Gasteiger partial charge in [0.1, 0.15) is 12.8 Å². The van der Waals surface area contributed by atoms with Crippen LogP contribution < -0.4 is 5.32 Å². The molecule has 0 fully saturated rings. The van der Waals surface area contributed by atoms with Crippen molar-refractivity contribution in [3.05, 3.63) is 65.7 Å². The number of aliphatic hydroxyl groups excluding tert-OH is 1. The molecule has 0 spiro atoms. The van der Waals surface area contributed by atoms with Gasteiger partial charge in [0, 0.05) is 12.1 Å². The van der Waals surface area contributed by atoms with Crippen molar-refractivity contribution in [2.45, 2.75) is 19.2 Å². The zero-order chi connectivity index (χ0) is 15.8. The summed E-state index contributed by atoms with van der Waals surface area (Å²) in [5.41, 5.74) is 2.23. The van der Waals surface area contributed by atoms with E-state index in [1.54, 1.807) is 24.3 Å². The SMILES string of the molecule is O=C(Nc1ccc(CC(F)CO)cc1)OCc1ccccc1. The van der Waals surface area contributed by atoms with Crippen LogP contribution in [0, 0.1) is 0 Å². The van der Waals surface area contributed by atoms with E-state index in [9.17, 15) is 9.18 Å². The average Bonchev–Trinajstić information content (AvgIpc) is 2.55. The molecule has 5 heteroatoms. The van der Waals surface area contributed by atoms with E-state index in [0.29, 0.717) is 5.69 Å². The first-order valence-corrected chi connectivity index (χ1v) is 6.99. The molecule has 0 bridgehead atoms. The standard InChI is InChI=1S/C17H18FNO3/c18-15(11-20)10-13-6-8-16(9-7-13)19-17(21)22-12-14-4-2-1-3-5-14/h1-9,15,20H,10-12H2,(H,19,21). The van der Waals surface area contributed by atoms with Crippen LogP contribution in [0.25, 0.3) is 0 Å². The number of benzene rings is 2. The van der Waals surface area contributed by atoms with Gasteiger partial charge in [-0.15, -0.1) is 0 Å². The molecule has 2 aromatic rings. The normalized spacial score (nSPS) is 11.7. The van der Waals surface area contributed by atoms with Crippen molar-refractivity contribution in [3.63, 3.8) is 0 Å². The van der Waals surface area contributed by atoms with Crippen LogP contribution in [0.5, 0.6) is 0 Å². The molecule has 2 N–H and O–H groups in total. The lowest BCUT2D eigenvalue weighted by molar-refractivity contribution is 0.155. The molecule has 0 saturated carbocycles. The van der Waals surface area contributed by atoms with Gasteiger partial charge < -0.3 is 9.84 Å². The first kappa shape index (κ1) is 16.0. The number of aliphatic hydroxyl groups is 1. The van der Waals surface area contributed by atoms with Gasteiger partial charge in [-0.05, 0) is 23.3 Å². The predicted molar refractivity (Wildman–Crippen MR) is 82.4 cm³/mol. The highest BCUT2D eigenvalue weighted by Crippen LogP contribution is 2.13. The predicted octanol–water partition coefficient (Wildman–Crippen LogP) is 3.31. The van der Waals surface area contributed by atoms with Gasteiger partial charge in [0.25, 0.3) is 0 Å². The number of halogens is 1. The fourth-order valence-corrected chi connectivity index (χ4v) is 1.92. The molecule has 1 atom stereocenters. The third-order valence-corrected chi connectivity index (χ3v) is 3.07. The number of hydrogen-bond acceptors (Lipinski definition) is 3. The quantitative estimate of drug-likeness (QED) is 0.860. The summed E-state index contributed by atoms with van der Waals surface area (Å²) in [4.78, 5) is 11.7. The molecule has 2 aromatic carbocycles. The van der Waals surface area contributed by atoms with E-state index in [-0.39, 0.29) is 13.0 Å². The number of rotatable bonds is 6. The Kier molecular flexibility index (Phi) is 5.91. The molecule has 0 aliphatic carbocycles. The maximum atomic E-state index is 13.1. The Hall–Kier alpha value is -2.40. The van der Waals surface area contributed by atoms with Gasteiger partial charge in [0.15, 0.2) is 0 Å². The Morgan fingerprint density at radius 3 is 2.41 bits per heavy atom. The zero-order valence-corrected chi connectivity index (χ0v) is 12.0. The summed E-state index contributed by atoms with van der Waals surface area (Å²) in [6, 6.07) is 16.1. The van der Waals surface area contributed by atoms with Crippen molar-refractivity contribution in [1.29, 1.82) is 0 Å². The van der Waals surface area contributed by atoms with E-state index in [1.165, 1.54) is 0 Å². The largest absolute Gasteiger partial charge is 0.444 e. The van der Waals surface area contributed by atoms with Crippen LogP contribution in [0.4, 0.5) is 14.9 Å². The minimum atomic E-state index is -1.27. The number of anilines is 1. The molecule has 0 radical (unpaired) electrons. The van der Waals surface area contributed by atoms with Crippen LogP contribution in [0.2, 0.25) is 0 Å². The van der Waals surface area contributed by atoms with Crippen molar-refractivity contribution in [2.24, 2.45) is 0 Å². The van der Waals surface area contributed by atoms with Crippen molar-refractivity contribution in [3.8, 4) is 0 Å². The second-order valence-corrected chi connectivity index (χ2v) is 4.87. The van der Waals surface area contributed by atoms with Crippen LogP contribution in [-0.4, -0.2) is 24.0 Å². The smallest absolute Gasteiger partial charge is 0.411 e. The number of ether oxygens (including phenoxy) is 1. The second-order valence-electron chi connectivity index (χ2n) is 4.87. The molecule has 0 heterocycles. The third-order valence-electron chi connectivity index (χ3n) is 3.07. The van der Waals surface area contributed by atoms with E-state index in [0.717, 1.165) is 11.1 Å². The summed E-state index contributed by atoms with van der Waals surface area (Å²) in [6.45, 7) is -0.295. The van der Waals surface area contributed by atoms with Gasteiger partial charge in [-0.1, -0.05) is 42.5 Å². The Morgan fingerprint density at radius 1 is 1.09 bits per heavy atom. The minimum absolute atomic E-state index is 0.148. The molecular weight excluding hydrogens is 285 g/mol. The Morgan fingerprint density at radius 2 is 1.77 bits per heavy atom. The highest BCUT2D eigenvalue weighted by Gasteiger charge is 2.07. The topological polar surface area (TPSA) is 58.6 Å². The monoisotopic (exact) mass is 303 g/mol. The molecule has 4 nitrogen and oxygen atoms in total. The summed E-state index contributed by atoms with van der Waals surface area (Å²) in [5, 5.41) is 11.3. The van der Waals surface area contributed by atoms with E-state index in [4.69, 9.17) is 9.84 Å². The van der Waals surface area contributed by atoms with Crippen molar-refractivity contribution >= 4 is 11.8 Å². The maximum absolute atomic E-state index is 13.1. The first-order valence-electron chi connectivity index (χ1n) is 6.99. The Labute approximate surface area is 128 Å². The minimum Gasteiger partial charge on any atom is -0.444 e. The first-order chi connectivity index (χ1) is 10.7. The highest BCUT2D eigenvalue weighted by atomic mass is 19.1. The molecule has 1 unspecified atom stereocenters. The van der Waals surface area contributed by atoms with Gasteiger partial charge in [-0.3, -0.25) is 5.32 Å². The molecule has 116 valence electrons. The lowest BCUT2D eigenvalue weighted by Crippen LogP contribution is -2.13. The van der Waals surface area contributed by atoms with Crippen LogP contribution in [-0.2, 0) is 17.8 Å². The number of hydrogen-bond donors (Lipinski definition) is 2. The average molecular weight is 303 g/mol. The number of nitrogens with one attached hydrogen (secondary N) is 1. The molecule has 2 rings (SSSR count). The molecule has 22 heavy (non-hydrogen) atoms. The van der Waals surface area contributed by atoms with Crippen LogP contribution in [0.15, 0.2) is 54.6 Å². The molecule has 1 amide bonds. The molecular formula is C17H18FNO3. The van der Waals surface area contributed by atoms with Crippen molar-refractivity contribution < 1.29 is 19.0 Å². The Bertz CT molecular complexity index is 587. The van der Waals surface area contributed by atoms with E-state index in [1.807, 2.05) is 30.3 Å². The van der Waals surface area contributed by atoms with Crippen molar-refractivity contribution in [2.75, 3.05) is 11.9 Å². The summed E-state index contributed by atoms with van der Waals surface area (Å²) < 4.78 is 18.2. The zero-order valence-electron chi connectivity index (χ0n) is 12.0. The fraction of sp³-hybridized carbons (Fsp3) is 0.235. The van der Waals surface area contributed by atoms with Crippen molar-refractivity contribution in [1.82, 2.24) is 0 Å². The summed E-state index contributed by atoms with van der Waals surface area (Å²) in [5.74, 6) is 0. The molecule has 0 aromatic heterocycles. The van der Waals surface area contributed by atoms with Crippen LogP contribution >= 0.6 is 0 Å². The number of amides is 1. The van der Waals surface area contributed by atoms with Gasteiger partial charge in [0.05, 0.1) is 6.61 Å². The summed E-state index contributed by atoms with van der Waals surface area (Å²) >= 11 is 0. The molecule has 0 aliphatic rings. The maximum Gasteiger partial charge on any atom is 0.411 e. The van der Waals surface area contributed by atoms with Gasteiger partial charge in [-0.25, -0.2) is 9.18 Å². The second kappa shape index (κ2) is 8.14. The van der Waals surface area contributed by atoms with Gasteiger partial charge >= 0.3 is 6.09 Å². The van der Waals surface area contributed by atoms with E-state index < -0.39 is 18.9 Å². The van der Waals surface area contributed by atoms with Gasteiger partial charge in [0.2, 0.25) is 0 Å². The number of carbonyl (C=O) groups excluding carboxylic acids is 1. The van der Waals surface area contributed by atoms with Crippen LogP contribution in [0.3, 0.4) is 0 Å². The van der Waals surface area contributed by atoms with E-state index >= 15 is 0 Å². The molecule has 0 aliphatic heterocycles. The fourth-order valence-electron chi connectivity index (χ4n) is 1.92.